The van der Waals surface area contributed by atoms with Gasteiger partial charge in [-0.3, -0.25) is 4.79 Å². The summed E-state index contributed by atoms with van der Waals surface area (Å²) in [6.07, 6.45) is -4.77. The highest BCUT2D eigenvalue weighted by atomic mass is 19.4. The summed E-state index contributed by atoms with van der Waals surface area (Å²) >= 11 is 0. The average Bonchev–Trinajstić information content (AvgIpc) is 2.68. The smallest absolute Gasteiger partial charge is 0.418 e. The number of alkyl halides is 3. The molecule has 0 radical (unpaired) electrons. The van der Waals surface area contributed by atoms with Gasteiger partial charge in [-0.2, -0.15) is 28.1 Å². The van der Waals surface area contributed by atoms with Crippen molar-refractivity contribution < 1.29 is 33.0 Å². The standard InChI is InChI=1S/C19H15F3N6O4/c1-9(29)23-12-6-7-14(13(8-12)19(20,21)22)25-17-26-16(27-18(32)28-17)24-11-4-2-10(3-5-11)15(30)31/h2-8H,1H3,(H,23,29)(H,30,31)(H3,24,25,26,27,28,32). The Morgan fingerprint density at radius 1 is 0.906 bits per heavy atom. The third-order valence-corrected chi connectivity index (χ3v) is 3.90. The fraction of sp³-hybridized carbons (Fsp3) is 0.105. The monoisotopic (exact) mass is 448 g/mol. The molecule has 0 spiro atoms. The highest BCUT2D eigenvalue weighted by molar-refractivity contribution is 5.89. The Balaban J connectivity index is 1.88. The summed E-state index contributed by atoms with van der Waals surface area (Å²) in [6, 6.07) is 7.77. The molecule has 0 aliphatic heterocycles. The van der Waals surface area contributed by atoms with Gasteiger partial charge in [-0.25, -0.2) is 4.79 Å². The summed E-state index contributed by atoms with van der Waals surface area (Å²) in [5.41, 5.74) is -1.17. The van der Waals surface area contributed by atoms with Crippen molar-refractivity contribution in [1.29, 1.82) is 0 Å². The zero-order valence-electron chi connectivity index (χ0n) is 16.2. The number of halogens is 3. The molecule has 10 nitrogen and oxygen atoms in total. The van der Waals surface area contributed by atoms with E-state index in [0.29, 0.717) is 5.69 Å². The van der Waals surface area contributed by atoms with Crippen molar-refractivity contribution in [3.05, 3.63) is 53.6 Å². The number of carbonyl (C=O) groups excluding carboxylic acids is 1. The molecule has 0 saturated carbocycles. The third-order valence-electron chi connectivity index (χ3n) is 3.90. The Bertz CT molecular complexity index is 1170. The summed E-state index contributed by atoms with van der Waals surface area (Å²) in [6.45, 7) is 1.16. The molecule has 0 unspecified atom stereocenters. The average molecular weight is 448 g/mol. The molecule has 5 N–H and O–H groups in total. The van der Waals surface area contributed by atoms with E-state index in [2.05, 4.69) is 30.9 Å². The van der Waals surface area contributed by atoms with Gasteiger partial charge in [-0.05, 0) is 42.5 Å². The minimum atomic E-state index is -4.77. The molecule has 1 aromatic heterocycles. The lowest BCUT2D eigenvalue weighted by molar-refractivity contribution is -0.137. The molecule has 166 valence electrons. The summed E-state index contributed by atoms with van der Waals surface area (Å²) in [5, 5.41) is 26.0. The molecule has 0 aliphatic rings. The van der Waals surface area contributed by atoms with E-state index >= 15 is 0 Å². The van der Waals surface area contributed by atoms with Gasteiger partial charge in [-0.15, -0.1) is 0 Å². The first-order valence-electron chi connectivity index (χ1n) is 8.82. The number of hydrogen-bond acceptors (Lipinski definition) is 8. The van der Waals surface area contributed by atoms with Gasteiger partial charge < -0.3 is 26.2 Å². The minimum Gasteiger partial charge on any atom is -0.479 e. The lowest BCUT2D eigenvalue weighted by Gasteiger charge is -2.16. The molecule has 1 amide bonds. The zero-order valence-corrected chi connectivity index (χ0v) is 16.2. The predicted octanol–water partition coefficient (Wildman–Crippen LogP) is 3.74. The highest BCUT2D eigenvalue weighted by Gasteiger charge is 2.34. The van der Waals surface area contributed by atoms with E-state index in [4.69, 9.17) is 5.11 Å². The maximum Gasteiger partial charge on any atom is 0.418 e. The number of carboxylic acids is 1. The number of aromatic carboxylic acids is 1. The van der Waals surface area contributed by atoms with E-state index in [1.54, 1.807) is 0 Å². The van der Waals surface area contributed by atoms with Gasteiger partial charge in [0, 0.05) is 18.3 Å². The number of carbonyl (C=O) groups is 2. The van der Waals surface area contributed by atoms with E-state index in [0.717, 1.165) is 19.1 Å². The molecule has 32 heavy (non-hydrogen) atoms. The second-order valence-electron chi connectivity index (χ2n) is 6.35. The Hall–Kier alpha value is -4.42. The number of anilines is 5. The van der Waals surface area contributed by atoms with Crippen molar-refractivity contribution in [2.45, 2.75) is 13.1 Å². The van der Waals surface area contributed by atoms with E-state index in [1.165, 1.54) is 30.3 Å². The lowest BCUT2D eigenvalue weighted by Crippen LogP contribution is -2.13. The van der Waals surface area contributed by atoms with Gasteiger partial charge in [0.2, 0.25) is 17.8 Å². The zero-order chi connectivity index (χ0) is 23.5. The largest absolute Gasteiger partial charge is 0.479 e. The Kier molecular flexibility index (Phi) is 6.09. The normalized spacial score (nSPS) is 11.0. The summed E-state index contributed by atoms with van der Waals surface area (Å²) in [4.78, 5) is 33.2. The SMILES string of the molecule is CC(=O)Nc1ccc(Nc2nc(O)nc(Nc3ccc(C(=O)O)cc3)n2)c(C(F)(F)F)c1. The fourth-order valence-corrected chi connectivity index (χ4v) is 2.59. The maximum atomic E-state index is 13.5. The Labute approximate surface area is 178 Å². The van der Waals surface area contributed by atoms with E-state index < -0.39 is 35.3 Å². The van der Waals surface area contributed by atoms with Crippen molar-refractivity contribution in [3.8, 4) is 6.01 Å². The van der Waals surface area contributed by atoms with Crippen molar-refractivity contribution in [1.82, 2.24) is 15.0 Å². The number of benzene rings is 2. The van der Waals surface area contributed by atoms with Crippen LogP contribution in [-0.4, -0.2) is 37.0 Å². The van der Waals surface area contributed by atoms with Crippen molar-refractivity contribution in [2.24, 2.45) is 0 Å². The van der Waals surface area contributed by atoms with Crippen LogP contribution in [0.15, 0.2) is 42.5 Å². The van der Waals surface area contributed by atoms with Crippen molar-refractivity contribution in [2.75, 3.05) is 16.0 Å². The van der Waals surface area contributed by atoms with E-state index in [9.17, 15) is 27.9 Å². The second kappa shape index (κ2) is 8.75. The van der Waals surface area contributed by atoms with Crippen LogP contribution in [0.5, 0.6) is 6.01 Å². The highest BCUT2D eigenvalue weighted by Crippen LogP contribution is 2.37. The fourth-order valence-electron chi connectivity index (χ4n) is 2.59. The number of carboxylic acid groups (broad SMARTS) is 1. The van der Waals surface area contributed by atoms with E-state index in [1.807, 2.05) is 0 Å². The first-order valence-corrected chi connectivity index (χ1v) is 8.82. The Morgan fingerprint density at radius 3 is 2.06 bits per heavy atom. The van der Waals surface area contributed by atoms with Crippen LogP contribution in [0.3, 0.4) is 0 Å². The third kappa shape index (κ3) is 5.59. The van der Waals surface area contributed by atoms with Gasteiger partial charge in [0.25, 0.3) is 0 Å². The number of hydrogen-bond donors (Lipinski definition) is 5. The van der Waals surface area contributed by atoms with Crippen molar-refractivity contribution in [3.63, 3.8) is 0 Å². The van der Waals surface area contributed by atoms with Gasteiger partial charge >= 0.3 is 18.2 Å². The molecule has 3 aromatic rings. The van der Waals surface area contributed by atoms with Crippen LogP contribution >= 0.6 is 0 Å². The maximum absolute atomic E-state index is 13.5. The number of aromatic hydroxyl groups is 1. The molecule has 1 heterocycles. The molecular formula is C19H15F3N6O4. The number of rotatable bonds is 6. The molecular weight excluding hydrogens is 433 g/mol. The van der Waals surface area contributed by atoms with Crippen LogP contribution in [0.2, 0.25) is 0 Å². The first kappa shape index (κ1) is 22.3. The van der Waals surface area contributed by atoms with Gasteiger partial charge in [0.15, 0.2) is 0 Å². The van der Waals surface area contributed by atoms with Crippen LogP contribution in [-0.2, 0) is 11.0 Å². The van der Waals surface area contributed by atoms with Gasteiger partial charge in [0.05, 0.1) is 16.8 Å². The topological polar surface area (TPSA) is 149 Å². The molecule has 2 aromatic carbocycles. The molecule has 0 atom stereocenters. The number of nitrogens with zero attached hydrogens (tertiary/aromatic N) is 3. The molecule has 0 saturated heterocycles. The number of amides is 1. The summed E-state index contributed by atoms with van der Waals surface area (Å²) < 4.78 is 40.5. The Morgan fingerprint density at radius 2 is 1.50 bits per heavy atom. The predicted molar refractivity (Wildman–Crippen MR) is 107 cm³/mol. The lowest BCUT2D eigenvalue weighted by atomic mass is 10.1. The first-order chi connectivity index (χ1) is 15.0. The molecule has 3 rings (SSSR count). The summed E-state index contributed by atoms with van der Waals surface area (Å²) in [7, 11) is 0. The molecule has 0 bridgehead atoms. The second-order valence-corrected chi connectivity index (χ2v) is 6.35. The quantitative estimate of drug-likeness (QED) is 0.380. The van der Waals surface area contributed by atoms with Gasteiger partial charge in [-0.1, -0.05) is 0 Å². The van der Waals surface area contributed by atoms with Crippen LogP contribution in [0, 0.1) is 0 Å². The van der Waals surface area contributed by atoms with Crippen LogP contribution in [0.25, 0.3) is 0 Å². The molecule has 0 fully saturated rings. The van der Waals surface area contributed by atoms with Gasteiger partial charge in [0.1, 0.15) is 0 Å². The number of nitrogens with one attached hydrogen (secondary N) is 3. The van der Waals surface area contributed by atoms with Crippen LogP contribution < -0.4 is 16.0 Å². The summed E-state index contributed by atoms with van der Waals surface area (Å²) in [5.74, 6) is -2.24. The van der Waals surface area contributed by atoms with Crippen LogP contribution in [0.4, 0.5) is 42.1 Å². The van der Waals surface area contributed by atoms with Crippen LogP contribution in [0.1, 0.15) is 22.8 Å². The number of aromatic nitrogens is 3. The van der Waals surface area contributed by atoms with Crippen molar-refractivity contribution >= 4 is 40.8 Å². The minimum absolute atomic E-state index is 0.0405. The molecule has 0 aliphatic carbocycles. The van der Waals surface area contributed by atoms with E-state index in [-0.39, 0.29) is 23.1 Å². The molecule has 13 heteroatoms.